The van der Waals surface area contributed by atoms with Crippen LogP contribution in [0.15, 0.2) is 119 Å². The molecule has 0 radical (unpaired) electrons. The summed E-state index contributed by atoms with van der Waals surface area (Å²) < 4.78 is 6.97. The quantitative estimate of drug-likeness (QED) is 0.198. The minimum absolute atomic E-state index is 0.308. The van der Waals surface area contributed by atoms with Crippen LogP contribution in [0.3, 0.4) is 0 Å². The monoisotopic (exact) mass is 534 g/mol. The minimum atomic E-state index is 0.308. The number of para-hydroxylation sites is 1. The highest BCUT2D eigenvalue weighted by Crippen LogP contribution is 2.49. The Labute approximate surface area is 220 Å². The van der Waals surface area contributed by atoms with Crippen LogP contribution in [0, 0.1) is 5.92 Å². The van der Waals surface area contributed by atoms with Crippen molar-refractivity contribution in [3.8, 4) is 5.75 Å². The fourth-order valence-corrected chi connectivity index (χ4v) is 5.45. The molecule has 0 unspecified atom stereocenters. The van der Waals surface area contributed by atoms with E-state index < -0.39 is 0 Å². The number of fused-ring (bicyclic) bond motifs is 3. The van der Waals surface area contributed by atoms with Crippen molar-refractivity contribution in [2.45, 2.75) is 25.0 Å². The molecule has 0 spiro atoms. The fraction of sp³-hybridized carbons (Fsp3) is 0.156. The van der Waals surface area contributed by atoms with Gasteiger partial charge in [0.25, 0.3) is 0 Å². The summed E-state index contributed by atoms with van der Waals surface area (Å²) in [7, 11) is 0. The Balaban J connectivity index is 1.10. The van der Waals surface area contributed by atoms with E-state index in [1.165, 1.54) is 16.8 Å². The number of rotatable bonds is 6. The van der Waals surface area contributed by atoms with Crippen LogP contribution in [-0.2, 0) is 6.61 Å². The Bertz CT molecular complexity index is 1390. The molecule has 0 saturated heterocycles. The number of allylic oxidation sites excluding steroid dienone is 2. The van der Waals surface area contributed by atoms with E-state index in [1.807, 2.05) is 42.6 Å². The molecule has 0 fully saturated rings. The van der Waals surface area contributed by atoms with Gasteiger partial charge >= 0.3 is 0 Å². The van der Waals surface area contributed by atoms with Crippen molar-refractivity contribution in [1.29, 1.82) is 0 Å². The van der Waals surface area contributed by atoms with Gasteiger partial charge in [-0.25, -0.2) is 0 Å². The second-order valence-electron chi connectivity index (χ2n) is 9.40. The summed E-state index contributed by atoms with van der Waals surface area (Å²) in [5.74, 6) is 1.89. The van der Waals surface area contributed by atoms with Crippen molar-refractivity contribution in [1.82, 2.24) is 0 Å². The van der Waals surface area contributed by atoms with Gasteiger partial charge in [0.2, 0.25) is 0 Å². The van der Waals surface area contributed by atoms with Crippen molar-refractivity contribution < 1.29 is 4.74 Å². The highest BCUT2D eigenvalue weighted by Gasteiger charge is 2.37. The van der Waals surface area contributed by atoms with Crippen molar-refractivity contribution >= 4 is 33.5 Å². The van der Waals surface area contributed by atoms with Gasteiger partial charge in [-0.15, -0.1) is 0 Å². The number of halogens is 1. The second-order valence-corrected chi connectivity index (χ2v) is 10.3. The van der Waals surface area contributed by atoms with Crippen LogP contribution in [0.1, 0.15) is 40.6 Å². The predicted molar refractivity (Wildman–Crippen MR) is 151 cm³/mol. The Morgan fingerprint density at radius 2 is 1.67 bits per heavy atom. The van der Waals surface area contributed by atoms with Crippen LogP contribution in [0.2, 0.25) is 0 Å². The van der Waals surface area contributed by atoms with Gasteiger partial charge in [-0.1, -0.05) is 70.5 Å². The van der Waals surface area contributed by atoms with Crippen LogP contribution in [-0.4, -0.2) is 6.21 Å². The number of nitrogens with zero attached hydrogens (tertiary/aromatic N) is 1. The number of hydrogen-bond acceptors (Lipinski definition) is 3. The zero-order valence-corrected chi connectivity index (χ0v) is 21.4. The summed E-state index contributed by atoms with van der Waals surface area (Å²) >= 11 is 3.46. The summed E-state index contributed by atoms with van der Waals surface area (Å²) in [6.07, 6.45) is 7.73. The van der Waals surface area contributed by atoms with Gasteiger partial charge < -0.3 is 10.1 Å². The lowest BCUT2D eigenvalue weighted by Crippen LogP contribution is -2.28. The van der Waals surface area contributed by atoms with Crippen molar-refractivity contribution in [2.24, 2.45) is 10.9 Å². The van der Waals surface area contributed by atoms with E-state index >= 15 is 0 Å². The smallest absolute Gasteiger partial charge is 0.119 e. The SMILES string of the molecule is Brc1ccc(COc2ccc(C=Nc3ccc([C@@H]4Nc5ccccc5[C@@H]5C=CC[C@H]54)cc3)cc2)cc1. The van der Waals surface area contributed by atoms with Crippen LogP contribution < -0.4 is 10.1 Å². The zero-order chi connectivity index (χ0) is 24.3. The summed E-state index contributed by atoms with van der Waals surface area (Å²) in [6.45, 7) is 0.548. The molecule has 1 N–H and O–H groups in total. The topological polar surface area (TPSA) is 33.6 Å². The lowest BCUT2D eigenvalue weighted by atomic mass is 9.77. The molecule has 1 aliphatic heterocycles. The third kappa shape index (κ3) is 4.87. The van der Waals surface area contributed by atoms with E-state index in [9.17, 15) is 0 Å². The van der Waals surface area contributed by atoms with Crippen molar-refractivity contribution in [3.05, 3.63) is 136 Å². The van der Waals surface area contributed by atoms with Crippen LogP contribution >= 0.6 is 15.9 Å². The Hall–Kier alpha value is -3.63. The molecule has 3 nitrogen and oxygen atoms in total. The number of hydrogen-bond donors (Lipinski definition) is 1. The molecular formula is C32H27BrN2O. The first-order valence-electron chi connectivity index (χ1n) is 12.4. The highest BCUT2D eigenvalue weighted by atomic mass is 79.9. The normalized spacial score (nSPS) is 20.1. The molecule has 4 aromatic rings. The molecule has 0 bridgehead atoms. The molecule has 1 aliphatic carbocycles. The maximum atomic E-state index is 5.90. The third-order valence-corrected chi connectivity index (χ3v) is 7.61. The van der Waals surface area contributed by atoms with E-state index in [2.05, 4.69) is 94.1 Å². The van der Waals surface area contributed by atoms with Gasteiger partial charge in [0, 0.05) is 22.3 Å². The van der Waals surface area contributed by atoms with Gasteiger partial charge in [0.15, 0.2) is 0 Å². The number of aliphatic imine (C=N–C) groups is 1. The maximum absolute atomic E-state index is 5.90. The Morgan fingerprint density at radius 1 is 0.889 bits per heavy atom. The highest BCUT2D eigenvalue weighted by molar-refractivity contribution is 9.10. The number of ether oxygens (including phenoxy) is 1. The van der Waals surface area contributed by atoms with E-state index in [1.54, 1.807) is 0 Å². The lowest BCUT2D eigenvalue weighted by molar-refractivity contribution is 0.306. The average Bonchev–Trinajstić information content (AvgIpc) is 3.43. The largest absolute Gasteiger partial charge is 0.489 e. The van der Waals surface area contributed by atoms with Crippen LogP contribution in [0.5, 0.6) is 5.75 Å². The second kappa shape index (κ2) is 10.2. The minimum Gasteiger partial charge on any atom is -0.489 e. The summed E-state index contributed by atoms with van der Waals surface area (Å²) in [5, 5.41) is 3.80. The number of nitrogens with one attached hydrogen (secondary N) is 1. The fourth-order valence-electron chi connectivity index (χ4n) is 5.19. The molecule has 4 heteroatoms. The van der Waals surface area contributed by atoms with Crippen LogP contribution in [0.4, 0.5) is 11.4 Å². The van der Waals surface area contributed by atoms with Gasteiger partial charge in [0.1, 0.15) is 12.4 Å². The predicted octanol–water partition coefficient (Wildman–Crippen LogP) is 8.61. The first-order chi connectivity index (χ1) is 17.7. The molecule has 36 heavy (non-hydrogen) atoms. The standard InChI is InChI=1S/C32H27BrN2O/c33-25-14-8-23(9-15-25)21-36-27-18-10-22(11-19-27)20-34-26-16-12-24(13-17-26)32-30-6-3-5-28(30)29-4-1-2-7-31(29)35-32/h1-5,7-20,28,30,32,35H,6,21H2/t28-,30+,32-/m0/s1. The first-order valence-corrected chi connectivity index (χ1v) is 13.2. The molecule has 4 aromatic carbocycles. The molecular weight excluding hydrogens is 508 g/mol. The summed E-state index contributed by atoms with van der Waals surface area (Å²) in [5.41, 5.74) is 7.11. The van der Waals surface area contributed by atoms with Gasteiger partial charge in [-0.2, -0.15) is 0 Å². The summed E-state index contributed by atoms with van der Waals surface area (Å²) in [4.78, 5) is 4.69. The molecule has 2 aliphatic rings. The number of benzene rings is 4. The van der Waals surface area contributed by atoms with E-state index in [-0.39, 0.29) is 0 Å². The Morgan fingerprint density at radius 3 is 2.47 bits per heavy atom. The molecule has 3 atom stereocenters. The summed E-state index contributed by atoms with van der Waals surface area (Å²) in [6, 6.07) is 33.9. The molecule has 6 rings (SSSR count). The lowest BCUT2D eigenvalue weighted by Gasteiger charge is -2.37. The van der Waals surface area contributed by atoms with E-state index in [4.69, 9.17) is 9.73 Å². The zero-order valence-electron chi connectivity index (χ0n) is 19.8. The van der Waals surface area contributed by atoms with Gasteiger partial charge in [-0.3, -0.25) is 4.99 Å². The molecule has 1 heterocycles. The van der Waals surface area contributed by atoms with Crippen LogP contribution in [0.25, 0.3) is 0 Å². The average molecular weight is 535 g/mol. The molecule has 0 saturated carbocycles. The molecule has 178 valence electrons. The van der Waals surface area contributed by atoms with E-state index in [0.717, 1.165) is 33.5 Å². The van der Waals surface area contributed by atoms with Gasteiger partial charge in [-0.05, 0) is 89.2 Å². The Kier molecular flexibility index (Phi) is 6.44. The van der Waals surface area contributed by atoms with E-state index in [0.29, 0.717) is 24.5 Å². The van der Waals surface area contributed by atoms with Crippen molar-refractivity contribution in [3.63, 3.8) is 0 Å². The maximum Gasteiger partial charge on any atom is 0.119 e. The molecule has 0 amide bonds. The third-order valence-electron chi connectivity index (χ3n) is 7.09. The molecule has 0 aromatic heterocycles. The van der Waals surface area contributed by atoms with Gasteiger partial charge in [0.05, 0.1) is 11.7 Å². The number of anilines is 1. The van der Waals surface area contributed by atoms with Crippen molar-refractivity contribution in [2.75, 3.05) is 5.32 Å². The first kappa shape index (κ1) is 22.8.